The van der Waals surface area contributed by atoms with Gasteiger partial charge < -0.3 is 15.0 Å². The fraction of sp³-hybridized carbons (Fsp3) is 0.450. The molecule has 28 heavy (non-hydrogen) atoms. The van der Waals surface area contributed by atoms with Crippen molar-refractivity contribution in [3.05, 3.63) is 47.0 Å². The van der Waals surface area contributed by atoms with Crippen LogP contribution >= 0.6 is 11.3 Å². The quantitative estimate of drug-likeness (QED) is 0.833. The van der Waals surface area contributed by atoms with Crippen molar-refractivity contribution < 1.29 is 14.3 Å². The van der Waals surface area contributed by atoms with E-state index in [4.69, 9.17) is 4.74 Å². The number of rotatable bonds is 5. The van der Waals surface area contributed by atoms with Crippen molar-refractivity contribution >= 4 is 28.3 Å². The van der Waals surface area contributed by atoms with E-state index in [0.717, 1.165) is 44.8 Å². The smallest absolute Gasteiger partial charge is 0.254 e. The molecule has 2 saturated heterocycles. The van der Waals surface area contributed by atoms with E-state index in [0.29, 0.717) is 23.7 Å². The van der Waals surface area contributed by atoms with Crippen LogP contribution in [0.3, 0.4) is 0 Å². The molecule has 8 heteroatoms. The lowest BCUT2D eigenvalue weighted by Gasteiger charge is -2.27. The maximum Gasteiger partial charge on any atom is 0.254 e. The van der Waals surface area contributed by atoms with E-state index < -0.39 is 6.04 Å². The Morgan fingerprint density at radius 2 is 2.11 bits per heavy atom. The molecule has 2 aliphatic heterocycles. The van der Waals surface area contributed by atoms with Crippen molar-refractivity contribution in [2.45, 2.75) is 25.4 Å². The minimum atomic E-state index is -0.445. The van der Waals surface area contributed by atoms with Gasteiger partial charge in [0.1, 0.15) is 6.04 Å². The number of hydrogen-bond donors (Lipinski definition) is 1. The fourth-order valence-electron chi connectivity index (χ4n) is 3.74. The number of nitrogens with zero attached hydrogens (tertiary/aromatic N) is 3. The van der Waals surface area contributed by atoms with Crippen molar-refractivity contribution in [1.29, 1.82) is 0 Å². The molecule has 7 nitrogen and oxygen atoms in total. The molecule has 2 amide bonds. The summed E-state index contributed by atoms with van der Waals surface area (Å²) < 4.78 is 5.39. The van der Waals surface area contributed by atoms with Gasteiger partial charge in [-0.15, -0.1) is 11.3 Å². The van der Waals surface area contributed by atoms with E-state index in [1.54, 1.807) is 11.1 Å². The van der Waals surface area contributed by atoms with Crippen LogP contribution in [-0.4, -0.2) is 65.5 Å². The summed E-state index contributed by atoms with van der Waals surface area (Å²) in [5.41, 5.74) is 1.75. The van der Waals surface area contributed by atoms with E-state index in [1.807, 2.05) is 29.6 Å². The van der Waals surface area contributed by atoms with Crippen molar-refractivity contribution in [2.24, 2.45) is 0 Å². The van der Waals surface area contributed by atoms with Gasteiger partial charge in [-0.1, -0.05) is 12.1 Å². The molecule has 0 saturated carbocycles. The summed E-state index contributed by atoms with van der Waals surface area (Å²) in [5.74, 6) is -0.245. The minimum Gasteiger partial charge on any atom is -0.379 e. The van der Waals surface area contributed by atoms with Gasteiger partial charge in [-0.05, 0) is 30.5 Å². The van der Waals surface area contributed by atoms with Crippen LogP contribution in [0.2, 0.25) is 0 Å². The summed E-state index contributed by atoms with van der Waals surface area (Å²) in [6.07, 6.45) is 3.16. The van der Waals surface area contributed by atoms with E-state index >= 15 is 0 Å². The number of hydrogen-bond acceptors (Lipinski definition) is 6. The molecule has 0 radical (unpaired) electrons. The summed E-state index contributed by atoms with van der Waals surface area (Å²) in [6.45, 7) is 4.72. The summed E-state index contributed by atoms with van der Waals surface area (Å²) in [7, 11) is 0. The molecule has 0 aliphatic carbocycles. The number of aromatic nitrogens is 1. The Morgan fingerprint density at radius 3 is 2.89 bits per heavy atom. The number of thiazole rings is 1. The highest BCUT2D eigenvalue weighted by atomic mass is 32.1. The molecule has 2 aromatic rings. The number of carbonyl (C=O) groups is 2. The van der Waals surface area contributed by atoms with Gasteiger partial charge in [-0.2, -0.15) is 0 Å². The first-order chi connectivity index (χ1) is 13.7. The lowest BCUT2D eigenvalue weighted by molar-refractivity contribution is -0.119. The van der Waals surface area contributed by atoms with Gasteiger partial charge in [0.25, 0.3) is 5.91 Å². The van der Waals surface area contributed by atoms with Crippen molar-refractivity contribution in [2.75, 3.05) is 38.2 Å². The second-order valence-corrected chi connectivity index (χ2v) is 7.97. The third-order valence-electron chi connectivity index (χ3n) is 5.16. The number of benzene rings is 1. The second kappa shape index (κ2) is 8.81. The molecule has 0 bridgehead atoms. The maximum atomic E-state index is 13.1. The summed E-state index contributed by atoms with van der Waals surface area (Å²) in [4.78, 5) is 33.8. The summed E-state index contributed by atoms with van der Waals surface area (Å²) >= 11 is 1.37. The van der Waals surface area contributed by atoms with E-state index in [1.165, 1.54) is 11.3 Å². The fourth-order valence-corrected chi connectivity index (χ4v) is 4.27. The molecule has 4 rings (SSSR count). The first-order valence-electron chi connectivity index (χ1n) is 9.61. The normalized spacial score (nSPS) is 20.3. The van der Waals surface area contributed by atoms with Crippen molar-refractivity contribution in [1.82, 2.24) is 14.8 Å². The highest BCUT2D eigenvalue weighted by Crippen LogP contribution is 2.23. The lowest BCUT2D eigenvalue weighted by atomic mass is 10.1. The standard InChI is InChI=1S/C20H24N4O3S/c25-18(22-20-21-6-12-28-20)17-5-2-7-24(17)19(26)16-4-1-3-15(13-16)14-23-8-10-27-11-9-23/h1,3-4,6,12-13,17H,2,5,7-11,14H2,(H,21,22,25). The Labute approximate surface area is 168 Å². The van der Waals surface area contributed by atoms with Crippen LogP contribution < -0.4 is 5.32 Å². The van der Waals surface area contributed by atoms with E-state index in [9.17, 15) is 9.59 Å². The average Bonchev–Trinajstić information content (AvgIpc) is 3.40. The number of nitrogens with one attached hydrogen (secondary N) is 1. The zero-order chi connectivity index (χ0) is 19.3. The van der Waals surface area contributed by atoms with Crippen LogP contribution in [-0.2, 0) is 16.1 Å². The molecule has 0 spiro atoms. The van der Waals surface area contributed by atoms with Crippen molar-refractivity contribution in [3.63, 3.8) is 0 Å². The van der Waals surface area contributed by atoms with Crippen molar-refractivity contribution in [3.8, 4) is 0 Å². The molecule has 1 aromatic heterocycles. The number of likely N-dealkylation sites (tertiary alicyclic amines) is 1. The third kappa shape index (κ3) is 4.40. The van der Waals surface area contributed by atoms with E-state index in [-0.39, 0.29) is 11.8 Å². The number of morpholine rings is 1. The SMILES string of the molecule is O=C(Nc1nccs1)C1CCCN1C(=O)c1cccc(CN2CCOCC2)c1. The molecular weight excluding hydrogens is 376 g/mol. The molecule has 1 aromatic carbocycles. The Morgan fingerprint density at radius 1 is 1.25 bits per heavy atom. The predicted octanol–water partition coefficient (Wildman–Crippen LogP) is 2.22. The highest BCUT2D eigenvalue weighted by Gasteiger charge is 2.34. The van der Waals surface area contributed by atoms with Crippen LogP contribution in [0.15, 0.2) is 35.8 Å². The molecule has 2 fully saturated rings. The first kappa shape index (κ1) is 19.0. The van der Waals surface area contributed by atoms with Gasteiger partial charge in [-0.25, -0.2) is 4.98 Å². The van der Waals surface area contributed by atoms with Gasteiger partial charge in [0, 0.05) is 43.3 Å². The minimum absolute atomic E-state index is 0.0828. The Kier molecular flexibility index (Phi) is 5.99. The Hall–Kier alpha value is -2.29. The zero-order valence-electron chi connectivity index (χ0n) is 15.7. The monoisotopic (exact) mass is 400 g/mol. The number of anilines is 1. The second-order valence-electron chi connectivity index (χ2n) is 7.07. The molecule has 148 valence electrons. The maximum absolute atomic E-state index is 13.1. The van der Waals surface area contributed by atoms with Gasteiger partial charge in [0.05, 0.1) is 13.2 Å². The van der Waals surface area contributed by atoms with E-state index in [2.05, 4.69) is 15.2 Å². The van der Waals surface area contributed by atoms with Crippen LogP contribution in [0.1, 0.15) is 28.8 Å². The van der Waals surface area contributed by atoms with Gasteiger partial charge in [0.15, 0.2) is 5.13 Å². The van der Waals surface area contributed by atoms with Crippen LogP contribution in [0.5, 0.6) is 0 Å². The number of amides is 2. The highest BCUT2D eigenvalue weighted by molar-refractivity contribution is 7.13. The lowest BCUT2D eigenvalue weighted by Crippen LogP contribution is -2.43. The third-order valence-corrected chi connectivity index (χ3v) is 5.85. The predicted molar refractivity (Wildman–Crippen MR) is 107 cm³/mol. The van der Waals surface area contributed by atoms with Crippen LogP contribution in [0.4, 0.5) is 5.13 Å². The number of ether oxygens (including phenoxy) is 1. The largest absolute Gasteiger partial charge is 0.379 e. The average molecular weight is 401 g/mol. The summed E-state index contributed by atoms with van der Waals surface area (Å²) in [6, 6.07) is 7.30. The zero-order valence-corrected chi connectivity index (χ0v) is 16.5. The van der Waals surface area contributed by atoms with Crippen LogP contribution in [0, 0.1) is 0 Å². The molecule has 1 unspecified atom stereocenters. The topological polar surface area (TPSA) is 74.8 Å². The molecule has 3 heterocycles. The first-order valence-corrected chi connectivity index (χ1v) is 10.5. The molecule has 2 aliphatic rings. The Bertz CT molecular complexity index is 821. The van der Waals surface area contributed by atoms with Gasteiger partial charge in [-0.3, -0.25) is 14.5 Å². The van der Waals surface area contributed by atoms with Crippen LogP contribution in [0.25, 0.3) is 0 Å². The van der Waals surface area contributed by atoms with Gasteiger partial charge in [0.2, 0.25) is 5.91 Å². The molecular formula is C20H24N4O3S. The summed E-state index contributed by atoms with van der Waals surface area (Å²) in [5, 5.41) is 5.20. The number of carbonyl (C=O) groups excluding carboxylic acids is 2. The Balaban J connectivity index is 1.44. The molecule has 1 N–H and O–H groups in total. The molecule has 1 atom stereocenters. The van der Waals surface area contributed by atoms with Gasteiger partial charge >= 0.3 is 0 Å².